The number of aryl methyl sites for hydroxylation is 2. The first-order valence-corrected chi connectivity index (χ1v) is 11.0. The highest BCUT2D eigenvalue weighted by Crippen LogP contribution is 2.27. The summed E-state index contributed by atoms with van der Waals surface area (Å²) in [5, 5.41) is 4.19. The molecule has 1 saturated heterocycles. The molecular weight excluding hydrogens is 374 g/mol. The van der Waals surface area contributed by atoms with Gasteiger partial charge in [-0.3, -0.25) is 9.58 Å². The number of hydrogen-bond donors (Lipinski definition) is 0. The highest BCUT2D eigenvalue weighted by Gasteiger charge is 2.32. The summed E-state index contributed by atoms with van der Waals surface area (Å²) in [5.74, 6) is 1.63. The predicted octanol–water partition coefficient (Wildman–Crippen LogP) is 2.15. The van der Waals surface area contributed by atoms with Crippen LogP contribution in [0.15, 0.2) is 4.47 Å². The van der Waals surface area contributed by atoms with Crippen molar-refractivity contribution in [3.63, 3.8) is 0 Å². The summed E-state index contributed by atoms with van der Waals surface area (Å²) >= 11 is 5.35. The molecule has 120 valence electrons. The highest BCUT2D eigenvalue weighted by molar-refractivity contribution is 9.10. The number of aromatic nitrogens is 2. The van der Waals surface area contributed by atoms with Crippen LogP contribution in [0, 0.1) is 0 Å². The molecule has 0 spiro atoms. The maximum Gasteiger partial charge on any atom is 0.164 e. The molecule has 2 heterocycles. The minimum Gasteiger partial charge on any atom is -0.280 e. The van der Waals surface area contributed by atoms with E-state index in [4.69, 9.17) is 0 Å². The second kappa shape index (κ2) is 7.02. The van der Waals surface area contributed by atoms with Gasteiger partial charge >= 0.3 is 0 Å². The van der Waals surface area contributed by atoms with E-state index in [0.29, 0.717) is 12.3 Å². The molecule has 5 nitrogen and oxygen atoms in total. The second-order valence-electron chi connectivity index (χ2n) is 5.21. The number of sulfone groups is 1. The Balaban J connectivity index is 2.29. The van der Waals surface area contributed by atoms with E-state index in [-0.39, 0.29) is 0 Å². The molecule has 1 aliphatic heterocycles. The molecule has 0 radical (unpaired) electrons. The molecule has 1 atom stereocenters. The molecule has 1 aromatic heterocycles. The Bertz CT molecular complexity index is 601. The molecule has 1 fully saturated rings. The summed E-state index contributed by atoms with van der Waals surface area (Å²) in [6, 6.07) is 0. The lowest BCUT2D eigenvalue weighted by Crippen LogP contribution is -2.46. The highest BCUT2D eigenvalue weighted by atomic mass is 79.9. The average Bonchev–Trinajstić information content (AvgIpc) is 2.75. The third-order valence-corrected chi connectivity index (χ3v) is 7.33. The second-order valence-corrected chi connectivity index (χ2v) is 9.35. The van der Waals surface area contributed by atoms with Gasteiger partial charge in [-0.25, -0.2) is 8.42 Å². The van der Waals surface area contributed by atoms with Crippen molar-refractivity contribution in [2.75, 3.05) is 24.3 Å². The summed E-state index contributed by atoms with van der Waals surface area (Å²) in [4.78, 5) is 2.07. The van der Waals surface area contributed by atoms with Crippen LogP contribution in [0.25, 0.3) is 0 Å². The molecule has 1 unspecified atom stereocenters. The molecule has 0 N–H and O–H groups in total. The molecule has 1 aromatic rings. The van der Waals surface area contributed by atoms with Gasteiger partial charge in [-0.15, -0.1) is 0 Å². The van der Waals surface area contributed by atoms with Gasteiger partial charge in [0.25, 0.3) is 0 Å². The van der Waals surface area contributed by atoms with Crippen molar-refractivity contribution in [1.29, 1.82) is 0 Å². The summed E-state index contributed by atoms with van der Waals surface area (Å²) < 4.78 is 27.0. The van der Waals surface area contributed by atoms with Gasteiger partial charge in [0.2, 0.25) is 0 Å². The molecular formula is C13H22BrN3O2S2. The van der Waals surface area contributed by atoms with E-state index >= 15 is 0 Å². The zero-order chi connectivity index (χ0) is 15.6. The van der Waals surface area contributed by atoms with Crippen LogP contribution in [-0.4, -0.2) is 52.8 Å². The molecule has 0 bridgehead atoms. The van der Waals surface area contributed by atoms with E-state index in [9.17, 15) is 8.42 Å². The van der Waals surface area contributed by atoms with Gasteiger partial charge in [0.15, 0.2) is 9.84 Å². The Labute approximate surface area is 139 Å². The first-order valence-electron chi connectivity index (χ1n) is 7.13. The lowest BCUT2D eigenvalue weighted by molar-refractivity contribution is 0.253. The summed E-state index contributed by atoms with van der Waals surface area (Å²) in [7, 11) is -3.07. The Morgan fingerprint density at radius 1 is 1.43 bits per heavy atom. The van der Waals surface area contributed by atoms with Gasteiger partial charge in [-0.1, -0.05) is 6.92 Å². The van der Waals surface area contributed by atoms with Gasteiger partial charge in [-0.2, -0.15) is 16.9 Å². The van der Waals surface area contributed by atoms with Crippen molar-refractivity contribution < 1.29 is 8.42 Å². The van der Waals surface area contributed by atoms with Gasteiger partial charge < -0.3 is 0 Å². The Hall–Kier alpha value is -0.0500. The van der Waals surface area contributed by atoms with Crippen LogP contribution in [0.5, 0.6) is 0 Å². The monoisotopic (exact) mass is 395 g/mol. The van der Waals surface area contributed by atoms with Crippen LogP contribution in [0.2, 0.25) is 0 Å². The van der Waals surface area contributed by atoms with Crippen molar-refractivity contribution in [3.05, 3.63) is 15.9 Å². The van der Waals surface area contributed by atoms with Crippen molar-refractivity contribution in [3.8, 4) is 0 Å². The fraction of sp³-hybridized carbons (Fsp3) is 0.769. The summed E-state index contributed by atoms with van der Waals surface area (Å²) in [6.45, 7) is 6.35. The SMILES string of the molecule is CCc1nn(CC)c(CN2CCSCC2S(C)(=O)=O)c1Br. The maximum atomic E-state index is 12.0. The number of rotatable bonds is 5. The zero-order valence-electron chi connectivity index (χ0n) is 12.7. The summed E-state index contributed by atoms with van der Waals surface area (Å²) in [6.07, 6.45) is 2.20. The van der Waals surface area contributed by atoms with Crippen molar-refractivity contribution >= 4 is 37.5 Å². The predicted molar refractivity (Wildman–Crippen MR) is 91.3 cm³/mol. The molecule has 21 heavy (non-hydrogen) atoms. The van der Waals surface area contributed by atoms with E-state index in [1.165, 1.54) is 6.26 Å². The van der Waals surface area contributed by atoms with Crippen LogP contribution in [0.3, 0.4) is 0 Å². The minimum absolute atomic E-state index is 0.395. The standard InChI is InChI=1S/C13H22BrN3O2S2/c1-4-10-13(14)11(17(5-2)15-10)8-16-6-7-20-9-12(16)21(3,18)19/h12H,4-9H2,1-3H3. The van der Waals surface area contributed by atoms with Crippen LogP contribution in [0.4, 0.5) is 0 Å². The lowest BCUT2D eigenvalue weighted by Gasteiger charge is -2.34. The van der Waals surface area contributed by atoms with E-state index in [1.807, 2.05) is 4.68 Å². The van der Waals surface area contributed by atoms with E-state index < -0.39 is 15.2 Å². The molecule has 8 heteroatoms. The largest absolute Gasteiger partial charge is 0.280 e. The molecule has 2 rings (SSSR count). The van der Waals surface area contributed by atoms with Crippen LogP contribution in [0.1, 0.15) is 25.2 Å². The van der Waals surface area contributed by atoms with Crippen LogP contribution in [-0.2, 0) is 29.3 Å². The van der Waals surface area contributed by atoms with Crippen molar-refractivity contribution in [1.82, 2.24) is 14.7 Å². The third kappa shape index (κ3) is 3.83. The first kappa shape index (κ1) is 17.3. The number of thioether (sulfide) groups is 1. The molecule has 0 aromatic carbocycles. The maximum absolute atomic E-state index is 12.0. The Morgan fingerprint density at radius 3 is 2.71 bits per heavy atom. The normalized spacial score (nSPS) is 20.9. The molecule has 0 amide bonds. The topological polar surface area (TPSA) is 55.2 Å². The fourth-order valence-electron chi connectivity index (χ4n) is 2.55. The number of hydrogen-bond acceptors (Lipinski definition) is 5. The van der Waals surface area contributed by atoms with E-state index in [2.05, 4.69) is 39.8 Å². The van der Waals surface area contributed by atoms with Crippen LogP contribution < -0.4 is 0 Å². The number of nitrogens with zero attached hydrogens (tertiary/aromatic N) is 3. The minimum atomic E-state index is -3.07. The van der Waals surface area contributed by atoms with Crippen LogP contribution >= 0.6 is 27.7 Å². The quantitative estimate of drug-likeness (QED) is 0.764. The van der Waals surface area contributed by atoms with Gasteiger partial charge in [0.1, 0.15) is 5.37 Å². The number of halogens is 1. The van der Waals surface area contributed by atoms with Crippen molar-refractivity contribution in [2.24, 2.45) is 0 Å². The first-order chi connectivity index (χ1) is 9.88. The zero-order valence-corrected chi connectivity index (χ0v) is 15.9. The van der Waals surface area contributed by atoms with Crippen molar-refractivity contribution in [2.45, 2.75) is 38.7 Å². The molecule has 0 aliphatic carbocycles. The molecule has 0 saturated carbocycles. The van der Waals surface area contributed by atoms with E-state index in [1.54, 1.807) is 11.8 Å². The Morgan fingerprint density at radius 2 is 2.14 bits per heavy atom. The third-order valence-electron chi connectivity index (χ3n) is 3.73. The van der Waals surface area contributed by atoms with Gasteiger partial charge in [-0.05, 0) is 29.3 Å². The fourth-order valence-corrected chi connectivity index (χ4v) is 6.18. The van der Waals surface area contributed by atoms with E-state index in [0.717, 1.165) is 41.1 Å². The van der Waals surface area contributed by atoms with Gasteiger partial charge in [0.05, 0.1) is 15.9 Å². The summed E-state index contributed by atoms with van der Waals surface area (Å²) in [5.41, 5.74) is 2.11. The molecule has 1 aliphatic rings. The Kier molecular flexibility index (Phi) is 5.78. The smallest absolute Gasteiger partial charge is 0.164 e. The van der Waals surface area contributed by atoms with Gasteiger partial charge in [0, 0.05) is 37.4 Å². The average molecular weight is 396 g/mol. The lowest BCUT2D eigenvalue weighted by atomic mass is 10.3.